The molecule has 1 aromatic carbocycles. The minimum absolute atomic E-state index is 0.605. The number of rotatable bonds is 4. The average molecular weight is 317 g/mol. The molecule has 1 fully saturated rings. The van der Waals surface area contributed by atoms with Crippen LogP contribution in [0.3, 0.4) is 0 Å². The van der Waals surface area contributed by atoms with E-state index in [-0.39, 0.29) is 0 Å². The molecule has 0 unspecified atom stereocenters. The lowest BCUT2D eigenvalue weighted by molar-refractivity contribution is 0.229. The second-order valence-corrected chi connectivity index (χ2v) is 6.28. The Labute approximate surface area is 131 Å². The lowest BCUT2D eigenvalue weighted by atomic mass is 10.2. The molecule has 1 aliphatic rings. The number of nitrogens with two attached hydrogens (primary N) is 1. The second kappa shape index (κ2) is 6.85. The summed E-state index contributed by atoms with van der Waals surface area (Å²) in [5.41, 5.74) is 7.26. The fraction of sp³-hybridized carbons (Fsp3) is 0.571. The number of nitrogen functional groups attached to an aromatic ring is 1. The molecule has 0 aromatic heterocycles. The Hall–Kier alpha value is -0.680. The van der Waals surface area contributed by atoms with Crippen LogP contribution in [0.1, 0.15) is 0 Å². The van der Waals surface area contributed by atoms with Crippen LogP contribution >= 0.6 is 23.2 Å². The summed E-state index contributed by atoms with van der Waals surface area (Å²) in [6, 6.07) is 3.53. The van der Waals surface area contributed by atoms with Crippen LogP contribution < -0.4 is 10.6 Å². The van der Waals surface area contributed by atoms with Crippen molar-refractivity contribution in [3.05, 3.63) is 22.2 Å². The maximum Gasteiger partial charge on any atom is 0.0747 e. The van der Waals surface area contributed by atoms with E-state index in [9.17, 15) is 0 Å². The van der Waals surface area contributed by atoms with Crippen molar-refractivity contribution in [3.8, 4) is 0 Å². The van der Waals surface area contributed by atoms with Gasteiger partial charge in [0.1, 0.15) is 0 Å². The first kappa shape index (κ1) is 15.7. The monoisotopic (exact) mass is 316 g/mol. The van der Waals surface area contributed by atoms with E-state index >= 15 is 0 Å². The summed E-state index contributed by atoms with van der Waals surface area (Å²) in [5.74, 6) is 0. The number of hydrogen-bond donors (Lipinski definition) is 1. The molecule has 1 heterocycles. The summed E-state index contributed by atoms with van der Waals surface area (Å²) in [7, 11) is 4.20. The Morgan fingerprint density at radius 2 is 1.65 bits per heavy atom. The molecule has 112 valence electrons. The predicted molar refractivity (Wildman–Crippen MR) is 88.1 cm³/mol. The van der Waals surface area contributed by atoms with Gasteiger partial charge in [0.25, 0.3) is 0 Å². The smallest absolute Gasteiger partial charge is 0.0747 e. The SMILES string of the molecule is CN(C)CCN1CCN(c2c(Cl)cc(N)cc2Cl)CC1. The minimum atomic E-state index is 0.605. The van der Waals surface area contributed by atoms with Crippen molar-refractivity contribution in [1.82, 2.24) is 9.80 Å². The lowest BCUT2D eigenvalue weighted by Crippen LogP contribution is -2.48. The summed E-state index contributed by atoms with van der Waals surface area (Å²) in [6.45, 7) is 6.14. The van der Waals surface area contributed by atoms with Gasteiger partial charge in [0.2, 0.25) is 0 Å². The van der Waals surface area contributed by atoms with Crippen LogP contribution in [0.2, 0.25) is 10.0 Å². The van der Waals surface area contributed by atoms with E-state index in [1.165, 1.54) is 0 Å². The van der Waals surface area contributed by atoms with E-state index < -0.39 is 0 Å². The Bertz CT molecular complexity index is 433. The van der Waals surface area contributed by atoms with Crippen molar-refractivity contribution in [3.63, 3.8) is 0 Å². The third kappa shape index (κ3) is 3.92. The highest BCUT2D eigenvalue weighted by molar-refractivity contribution is 6.39. The molecule has 0 aliphatic carbocycles. The van der Waals surface area contributed by atoms with Crippen LogP contribution in [0, 0.1) is 0 Å². The highest BCUT2D eigenvalue weighted by Crippen LogP contribution is 2.36. The van der Waals surface area contributed by atoms with Gasteiger partial charge in [0.05, 0.1) is 15.7 Å². The van der Waals surface area contributed by atoms with Crippen molar-refractivity contribution < 1.29 is 0 Å². The van der Waals surface area contributed by atoms with Gasteiger partial charge in [-0.3, -0.25) is 4.90 Å². The Morgan fingerprint density at radius 3 is 2.15 bits per heavy atom. The molecule has 0 bridgehead atoms. The van der Waals surface area contributed by atoms with E-state index in [1.807, 2.05) is 0 Å². The quantitative estimate of drug-likeness (QED) is 0.864. The van der Waals surface area contributed by atoms with Crippen LogP contribution in [0.5, 0.6) is 0 Å². The van der Waals surface area contributed by atoms with Crippen LogP contribution in [-0.4, -0.2) is 63.2 Å². The molecule has 1 aliphatic heterocycles. The number of benzene rings is 1. The van der Waals surface area contributed by atoms with Gasteiger partial charge in [-0.15, -0.1) is 0 Å². The van der Waals surface area contributed by atoms with Gasteiger partial charge in [-0.2, -0.15) is 0 Å². The maximum atomic E-state index is 6.28. The van der Waals surface area contributed by atoms with Gasteiger partial charge in [0.15, 0.2) is 0 Å². The number of hydrogen-bond acceptors (Lipinski definition) is 4. The highest BCUT2D eigenvalue weighted by Gasteiger charge is 2.21. The van der Waals surface area contributed by atoms with Crippen LogP contribution in [0.25, 0.3) is 0 Å². The fourth-order valence-corrected chi connectivity index (χ4v) is 3.17. The van der Waals surface area contributed by atoms with Crippen molar-refractivity contribution in [2.24, 2.45) is 0 Å². The number of likely N-dealkylation sites (N-methyl/N-ethyl adjacent to an activating group) is 1. The van der Waals surface area contributed by atoms with Crippen molar-refractivity contribution in [1.29, 1.82) is 0 Å². The Kier molecular flexibility index (Phi) is 5.38. The van der Waals surface area contributed by atoms with Gasteiger partial charge in [-0.1, -0.05) is 23.2 Å². The zero-order chi connectivity index (χ0) is 14.7. The normalized spacial score (nSPS) is 16.9. The first-order chi connectivity index (χ1) is 9.47. The second-order valence-electron chi connectivity index (χ2n) is 5.47. The highest BCUT2D eigenvalue weighted by atomic mass is 35.5. The molecule has 1 aromatic rings. The number of anilines is 2. The molecule has 20 heavy (non-hydrogen) atoms. The van der Waals surface area contributed by atoms with Gasteiger partial charge < -0.3 is 15.5 Å². The summed E-state index contributed by atoms with van der Waals surface area (Å²) >= 11 is 12.6. The third-order valence-corrected chi connectivity index (χ3v) is 4.17. The van der Waals surface area contributed by atoms with E-state index in [4.69, 9.17) is 28.9 Å². The summed E-state index contributed by atoms with van der Waals surface area (Å²) in [5, 5.41) is 1.27. The van der Waals surface area contributed by atoms with E-state index in [1.54, 1.807) is 12.1 Å². The summed E-state index contributed by atoms with van der Waals surface area (Å²) in [6.07, 6.45) is 0. The fourth-order valence-electron chi connectivity index (χ4n) is 2.42. The zero-order valence-corrected chi connectivity index (χ0v) is 13.6. The standard InChI is InChI=1S/C14H22Cl2N4/c1-18(2)3-4-19-5-7-20(8-6-19)14-12(15)9-11(17)10-13(14)16/h9-10H,3-8,17H2,1-2H3. The predicted octanol–water partition coefficient (Wildman–Crippen LogP) is 2.26. The van der Waals surface area contributed by atoms with Crippen molar-refractivity contribution >= 4 is 34.6 Å². The molecule has 6 heteroatoms. The van der Waals surface area contributed by atoms with Crippen LogP contribution in [0.4, 0.5) is 11.4 Å². The van der Waals surface area contributed by atoms with Gasteiger partial charge in [-0.05, 0) is 26.2 Å². The topological polar surface area (TPSA) is 35.7 Å². The lowest BCUT2D eigenvalue weighted by Gasteiger charge is -2.37. The Balaban J connectivity index is 1.97. The van der Waals surface area contributed by atoms with E-state index in [0.717, 1.165) is 45.0 Å². The van der Waals surface area contributed by atoms with Gasteiger partial charge in [0, 0.05) is 45.0 Å². The molecule has 2 N–H and O–H groups in total. The van der Waals surface area contributed by atoms with Crippen LogP contribution in [-0.2, 0) is 0 Å². The molecule has 0 amide bonds. The maximum absolute atomic E-state index is 6.28. The first-order valence-electron chi connectivity index (χ1n) is 6.84. The molecule has 4 nitrogen and oxygen atoms in total. The minimum Gasteiger partial charge on any atom is -0.399 e. The van der Waals surface area contributed by atoms with E-state index in [0.29, 0.717) is 15.7 Å². The number of halogens is 2. The Morgan fingerprint density at radius 1 is 1.10 bits per heavy atom. The van der Waals surface area contributed by atoms with Crippen molar-refractivity contribution in [2.45, 2.75) is 0 Å². The van der Waals surface area contributed by atoms with Gasteiger partial charge in [-0.25, -0.2) is 0 Å². The molecule has 0 atom stereocenters. The largest absolute Gasteiger partial charge is 0.399 e. The molecule has 2 rings (SSSR count). The molecule has 0 saturated carbocycles. The molecule has 0 spiro atoms. The average Bonchev–Trinajstić information content (AvgIpc) is 2.36. The number of nitrogens with zero attached hydrogens (tertiary/aromatic N) is 3. The molecular weight excluding hydrogens is 295 g/mol. The molecular formula is C14H22Cl2N4. The first-order valence-corrected chi connectivity index (χ1v) is 7.59. The molecule has 0 radical (unpaired) electrons. The van der Waals surface area contributed by atoms with Crippen LogP contribution in [0.15, 0.2) is 12.1 Å². The third-order valence-electron chi connectivity index (χ3n) is 3.59. The van der Waals surface area contributed by atoms with Crippen molar-refractivity contribution in [2.75, 3.05) is 64.0 Å². The molecule has 1 saturated heterocycles. The van der Waals surface area contributed by atoms with E-state index in [2.05, 4.69) is 28.8 Å². The summed E-state index contributed by atoms with van der Waals surface area (Å²) < 4.78 is 0. The van der Waals surface area contributed by atoms with Gasteiger partial charge >= 0.3 is 0 Å². The number of piperazine rings is 1. The zero-order valence-electron chi connectivity index (χ0n) is 12.1. The summed E-state index contributed by atoms with van der Waals surface area (Å²) in [4.78, 5) is 6.92.